The summed E-state index contributed by atoms with van der Waals surface area (Å²) in [6, 6.07) is 19.9. The van der Waals surface area contributed by atoms with Crippen LogP contribution in [0.4, 0.5) is 5.69 Å². The van der Waals surface area contributed by atoms with Gasteiger partial charge in [-0.1, -0.05) is 30.3 Å². The number of nitrogens with zero attached hydrogens (tertiary/aromatic N) is 3. The predicted molar refractivity (Wildman–Crippen MR) is 119 cm³/mol. The maximum Gasteiger partial charge on any atom is 0.253 e. The van der Waals surface area contributed by atoms with Gasteiger partial charge in [0.05, 0.1) is 0 Å². The van der Waals surface area contributed by atoms with Crippen molar-refractivity contribution in [2.45, 2.75) is 38.8 Å². The van der Waals surface area contributed by atoms with Crippen molar-refractivity contribution < 1.29 is 4.79 Å². The second kappa shape index (κ2) is 7.83. The van der Waals surface area contributed by atoms with E-state index in [1.165, 1.54) is 5.56 Å². The Morgan fingerprint density at radius 3 is 2.17 bits per heavy atom. The minimum Gasteiger partial charge on any atom is -0.378 e. The molecule has 1 unspecified atom stereocenters. The molecule has 2 aromatic carbocycles. The highest BCUT2D eigenvalue weighted by atomic mass is 16.2. The number of anilines is 1. The lowest BCUT2D eigenvalue weighted by Gasteiger charge is -2.62. The van der Waals surface area contributed by atoms with Crippen LogP contribution in [0.15, 0.2) is 54.6 Å². The van der Waals surface area contributed by atoms with E-state index in [-0.39, 0.29) is 5.91 Å². The highest BCUT2D eigenvalue weighted by Gasteiger charge is 2.54. The molecule has 1 spiro atoms. The number of hydrogen-bond donors (Lipinski definition) is 0. The number of benzene rings is 2. The fourth-order valence-corrected chi connectivity index (χ4v) is 5.11. The Labute approximate surface area is 175 Å². The molecular weight excluding hydrogens is 358 g/mol. The second-order valence-electron chi connectivity index (χ2n) is 9.18. The molecule has 0 aliphatic carbocycles. The van der Waals surface area contributed by atoms with Gasteiger partial charge in [-0.3, -0.25) is 9.69 Å². The third-order valence-electron chi connectivity index (χ3n) is 6.86. The average molecular weight is 392 g/mol. The maximum atomic E-state index is 13.0. The lowest BCUT2D eigenvalue weighted by molar-refractivity contribution is -0.124. The number of piperidine rings is 1. The monoisotopic (exact) mass is 391 g/mol. The van der Waals surface area contributed by atoms with Crippen molar-refractivity contribution in [3.8, 4) is 0 Å². The minimum atomic E-state index is 0.168. The Morgan fingerprint density at radius 2 is 1.62 bits per heavy atom. The van der Waals surface area contributed by atoms with Gasteiger partial charge in [0, 0.05) is 62.5 Å². The van der Waals surface area contributed by atoms with Gasteiger partial charge in [0.15, 0.2) is 0 Å². The summed E-state index contributed by atoms with van der Waals surface area (Å²) < 4.78 is 0. The number of hydrogen-bond acceptors (Lipinski definition) is 3. The summed E-state index contributed by atoms with van der Waals surface area (Å²) >= 11 is 0. The third kappa shape index (κ3) is 3.66. The fourth-order valence-electron chi connectivity index (χ4n) is 5.11. The van der Waals surface area contributed by atoms with Crippen LogP contribution < -0.4 is 4.90 Å². The van der Waals surface area contributed by atoms with Gasteiger partial charge >= 0.3 is 0 Å². The molecule has 2 heterocycles. The first-order valence-electron chi connectivity index (χ1n) is 10.8. The van der Waals surface area contributed by atoms with Gasteiger partial charge < -0.3 is 9.80 Å². The van der Waals surface area contributed by atoms with E-state index in [4.69, 9.17) is 0 Å². The molecule has 0 N–H and O–H groups in total. The second-order valence-corrected chi connectivity index (χ2v) is 9.18. The van der Waals surface area contributed by atoms with Crippen LogP contribution in [0.2, 0.25) is 0 Å². The SMILES string of the molecule is CC(C)N1CC2(CCN(C(=O)c3ccc(N(C)C)cc3)CC2)C1c1ccccc1. The van der Waals surface area contributed by atoms with Crippen molar-refractivity contribution in [3.63, 3.8) is 0 Å². The van der Waals surface area contributed by atoms with Crippen LogP contribution in [0.1, 0.15) is 48.7 Å². The molecule has 4 heteroatoms. The van der Waals surface area contributed by atoms with Gasteiger partial charge in [0.25, 0.3) is 5.91 Å². The number of rotatable bonds is 4. The van der Waals surface area contributed by atoms with Gasteiger partial charge in [0.2, 0.25) is 0 Å². The zero-order valence-electron chi connectivity index (χ0n) is 18.1. The molecule has 0 bridgehead atoms. The fraction of sp³-hybridized carbons (Fsp3) is 0.480. The molecule has 0 aromatic heterocycles. The van der Waals surface area contributed by atoms with Gasteiger partial charge in [-0.25, -0.2) is 0 Å². The van der Waals surface area contributed by atoms with E-state index in [1.54, 1.807) is 0 Å². The zero-order chi connectivity index (χ0) is 20.6. The summed E-state index contributed by atoms with van der Waals surface area (Å²) in [4.78, 5) is 19.7. The molecular formula is C25H33N3O. The van der Waals surface area contributed by atoms with Crippen LogP contribution in [-0.4, -0.2) is 55.5 Å². The van der Waals surface area contributed by atoms with E-state index in [0.29, 0.717) is 17.5 Å². The molecule has 154 valence electrons. The normalized spacial score (nSPS) is 21.3. The Kier molecular flexibility index (Phi) is 5.39. The smallest absolute Gasteiger partial charge is 0.253 e. The molecule has 2 aliphatic rings. The summed E-state index contributed by atoms with van der Waals surface area (Å²) in [5.41, 5.74) is 3.64. The highest BCUT2D eigenvalue weighted by Crippen LogP contribution is 2.55. The van der Waals surface area contributed by atoms with Crippen molar-refractivity contribution in [2.24, 2.45) is 5.41 Å². The average Bonchev–Trinajstić information content (AvgIpc) is 2.72. The van der Waals surface area contributed by atoms with Gasteiger partial charge in [-0.15, -0.1) is 0 Å². The van der Waals surface area contributed by atoms with Crippen LogP contribution in [0.25, 0.3) is 0 Å². The minimum absolute atomic E-state index is 0.168. The Hall–Kier alpha value is -2.33. The predicted octanol–water partition coefficient (Wildman–Crippen LogP) is 4.44. The Balaban J connectivity index is 1.46. The van der Waals surface area contributed by atoms with Crippen molar-refractivity contribution in [1.82, 2.24) is 9.80 Å². The summed E-state index contributed by atoms with van der Waals surface area (Å²) in [6.45, 7) is 7.43. The first kappa shape index (κ1) is 20.0. The number of carbonyl (C=O) groups excluding carboxylic acids is 1. The van der Waals surface area contributed by atoms with E-state index >= 15 is 0 Å². The maximum absolute atomic E-state index is 13.0. The molecule has 29 heavy (non-hydrogen) atoms. The van der Waals surface area contributed by atoms with Gasteiger partial charge in [-0.2, -0.15) is 0 Å². The van der Waals surface area contributed by atoms with Crippen LogP contribution >= 0.6 is 0 Å². The van der Waals surface area contributed by atoms with E-state index in [9.17, 15) is 4.79 Å². The molecule has 4 rings (SSSR count). The van der Waals surface area contributed by atoms with E-state index in [1.807, 2.05) is 38.4 Å². The molecule has 2 aromatic rings. The molecule has 0 saturated carbocycles. The summed E-state index contributed by atoms with van der Waals surface area (Å²) in [6.07, 6.45) is 2.16. The molecule has 1 amide bonds. The summed E-state index contributed by atoms with van der Waals surface area (Å²) in [7, 11) is 4.03. The molecule has 2 fully saturated rings. The number of carbonyl (C=O) groups is 1. The molecule has 2 aliphatic heterocycles. The lowest BCUT2D eigenvalue weighted by atomic mass is 9.62. The lowest BCUT2D eigenvalue weighted by Crippen LogP contribution is -2.64. The summed E-state index contributed by atoms with van der Waals surface area (Å²) in [5, 5.41) is 0. The molecule has 0 radical (unpaired) electrons. The van der Waals surface area contributed by atoms with E-state index < -0.39 is 0 Å². The van der Waals surface area contributed by atoms with Gasteiger partial charge in [-0.05, 0) is 56.5 Å². The standard InChI is InChI=1S/C25H33N3O/c1-19(2)28-18-25(23(28)20-8-6-5-7-9-20)14-16-27(17-15-25)24(29)21-10-12-22(13-11-21)26(3)4/h5-13,19,23H,14-18H2,1-4H3. The Morgan fingerprint density at radius 1 is 1.00 bits per heavy atom. The van der Waals surface area contributed by atoms with Crippen LogP contribution in [0, 0.1) is 5.41 Å². The number of likely N-dealkylation sites (tertiary alicyclic amines) is 2. The van der Waals surface area contributed by atoms with Gasteiger partial charge in [0.1, 0.15) is 0 Å². The molecule has 1 atom stereocenters. The first-order chi connectivity index (χ1) is 13.9. The van der Waals surface area contributed by atoms with Crippen molar-refractivity contribution >= 4 is 11.6 Å². The quantitative estimate of drug-likeness (QED) is 0.771. The number of amides is 1. The van der Waals surface area contributed by atoms with Crippen LogP contribution in [0.5, 0.6) is 0 Å². The third-order valence-corrected chi connectivity index (χ3v) is 6.86. The van der Waals surface area contributed by atoms with Crippen molar-refractivity contribution in [2.75, 3.05) is 38.6 Å². The van der Waals surface area contributed by atoms with Crippen molar-refractivity contribution in [3.05, 3.63) is 65.7 Å². The Bertz CT molecular complexity index is 836. The molecule has 2 saturated heterocycles. The molecule has 4 nitrogen and oxygen atoms in total. The van der Waals surface area contributed by atoms with Crippen LogP contribution in [0.3, 0.4) is 0 Å². The zero-order valence-corrected chi connectivity index (χ0v) is 18.1. The van der Waals surface area contributed by atoms with E-state index in [2.05, 4.69) is 58.9 Å². The topological polar surface area (TPSA) is 26.8 Å². The highest BCUT2D eigenvalue weighted by molar-refractivity contribution is 5.94. The first-order valence-corrected chi connectivity index (χ1v) is 10.8. The van der Waals surface area contributed by atoms with Crippen LogP contribution in [-0.2, 0) is 0 Å². The van der Waals surface area contributed by atoms with Crippen molar-refractivity contribution in [1.29, 1.82) is 0 Å². The van der Waals surface area contributed by atoms with E-state index in [0.717, 1.165) is 43.7 Å². The largest absolute Gasteiger partial charge is 0.378 e. The summed E-state index contributed by atoms with van der Waals surface area (Å²) in [5.74, 6) is 0.168.